The summed E-state index contributed by atoms with van der Waals surface area (Å²) in [7, 11) is 1.94. The largest absolute Gasteiger partial charge is 0.337 e. The molecule has 23 heavy (non-hydrogen) atoms. The van der Waals surface area contributed by atoms with Crippen LogP contribution in [-0.2, 0) is 7.05 Å². The van der Waals surface area contributed by atoms with E-state index >= 15 is 0 Å². The molecule has 7 nitrogen and oxygen atoms in total. The second-order valence-corrected chi connectivity index (χ2v) is 5.04. The Bertz CT molecular complexity index is 963. The molecule has 0 bridgehead atoms. The van der Waals surface area contributed by atoms with Crippen molar-refractivity contribution in [2.45, 2.75) is 0 Å². The summed E-state index contributed by atoms with van der Waals surface area (Å²) in [5.74, 6) is 0.645. The number of nitrogens with zero attached hydrogens (tertiary/aromatic N) is 6. The van der Waals surface area contributed by atoms with Gasteiger partial charge in [0.15, 0.2) is 5.82 Å². The lowest BCUT2D eigenvalue weighted by Crippen LogP contribution is -1.99. The Hall–Kier alpha value is -3.35. The number of hydrogen-bond acceptors (Lipinski definition) is 6. The number of rotatable bonds is 3. The van der Waals surface area contributed by atoms with E-state index in [-0.39, 0.29) is 0 Å². The maximum atomic E-state index is 4.71. The standard InChI is InChI=1S/C16H13N7/c1-23-10-18-8-14(23)12-4-5-13-15(22-12)16(20-9-19-13)21-11-3-2-6-17-7-11/h2-10H,1H3,(H,19,20,21). The number of pyridine rings is 2. The molecule has 0 unspecified atom stereocenters. The summed E-state index contributed by atoms with van der Waals surface area (Å²) in [6.07, 6.45) is 8.51. The number of anilines is 2. The molecular formula is C16H13N7. The Kier molecular flexibility index (Phi) is 3.16. The Balaban J connectivity index is 1.83. The minimum absolute atomic E-state index is 0.645. The predicted octanol–water partition coefficient (Wildman–Crippen LogP) is 2.56. The number of aryl methyl sites for hydroxylation is 1. The van der Waals surface area contributed by atoms with E-state index in [0.717, 1.165) is 22.6 Å². The molecule has 0 saturated heterocycles. The third-order valence-corrected chi connectivity index (χ3v) is 3.49. The van der Waals surface area contributed by atoms with Gasteiger partial charge in [-0.05, 0) is 24.3 Å². The van der Waals surface area contributed by atoms with Crippen molar-refractivity contribution in [3.63, 3.8) is 0 Å². The van der Waals surface area contributed by atoms with Crippen LogP contribution < -0.4 is 5.32 Å². The molecule has 0 spiro atoms. The van der Waals surface area contributed by atoms with Crippen molar-refractivity contribution in [1.82, 2.24) is 29.5 Å². The van der Waals surface area contributed by atoms with Crippen LogP contribution in [0.1, 0.15) is 0 Å². The summed E-state index contributed by atoms with van der Waals surface area (Å²) in [6.45, 7) is 0. The van der Waals surface area contributed by atoms with Gasteiger partial charge in [0, 0.05) is 13.2 Å². The van der Waals surface area contributed by atoms with Gasteiger partial charge in [-0.15, -0.1) is 0 Å². The normalized spacial score (nSPS) is 10.8. The highest BCUT2D eigenvalue weighted by Gasteiger charge is 2.10. The molecule has 0 atom stereocenters. The molecule has 0 aromatic carbocycles. The zero-order valence-corrected chi connectivity index (χ0v) is 12.4. The van der Waals surface area contributed by atoms with Crippen LogP contribution in [0, 0.1) is 0 Å². The smallest absolute Gasteiger partial charge is 0.160 e. The molecule has 0 aliphatic rings. The molecule has 0 aliphatic heterocycles. The van der Waals surface area contributed by atoms with Crippen LogP contribution in [0.25, 0.3) is 22.4 Å². The van der Waals surface area contributed by atoms with Gasteiger partial charge in [-0.3, -0.25) is 4.98 Å². The van der Waals surface area contributed by atoms with E-state index in [9.17, 15) is 0 Å². The number of aromatic nitrogens is 6. The predicted molar refractivity (Wildman–Crippen MR) is 87.1 cm³/mol. The van der Waals surface area contributed by atoms with Crippen molar-refractivity contribution >= 4 is 22.5 Å². The van der Waals surface area contributed by atoms with Gasteiger partial charge in [-0.2, -0.15) is 0 Å². The van der Waals surface area contributed by atoms with E-state index in [4.69, 9.17) is 4.98 Å². The van der Waals surface area contributed by atoms with Crippen molar-refractivity contribution in [1.29, 1.82) is 0 Å². The zero-order valence-electron chi connectivity index (χ0n) is 12.4. The van der Waals surface area contributed by atoms with Crippen LogP contribution in [-0.4, -0.2) is 29.5 Å². The fraction of sp³-hybridized carbons (Fsp3) is 0.0625. The average Bonchev–Trinajstić information content (AvgIpc) is 3.02. The highest BCUT2D eigenvalue weighted by Crippen LogP contribution is 2.24. The van der Waals surface area contributed by atoms with Gasteiger partial charge >= 0.3 is 0 Å². The molecule has 1 N–H and O–H groups in total. The monoisotopic (exact) mass is 303 g/mol. The minimum Gasteiger partial charge on any atom is -0.337 e. The third-order valence-electron chi connectivity index (χ3n) is 3.49. The Morgan fingerprint density at radius 2 is 2.00 bits per heavy atom. The molecule has 0 radical (unpaired) electrons. The Morgan fingerprint density at radius 3 is 2.78 bits per heavy atom. The molecule has 0 fully saturated rings. The first kappa shape index (κ1) is 13.3. The molecule has 4 aromatic rings. The van der Waals surface area contributed by atoms with Gasteiger partial charge in [0.05, 0.1) is 41.3 Å². The van der Waals surface area contributed by atoms with Gasteiger partial charge < -0.3 is 9.88 Å². The molecule has 7 heteroatoms. The molecule has 4 aromatic heterocycles. The maximum absolute atomic E-state index is 4.71. The summed E-state index contributed by atoms with van der Waals surface area (Å²) in [4.78, 5) is 21.5. The van der Waals surface area contributed by atoms with E-state index in [2.05, 4.69) is 25.3 Å². The quantitative estimate of drug-likeness (QED) is 0.626. The van der Waals surface area contributed by atoms with Crippen LogP contribution in [0.15, 0.2) is 55.5 Å². The topological polar surface area (TPSA) is 81.4 Å². The first-order valence-corrected chi connectivity index (χ1v) is 7.07. The lowest BCUT2D eigenvalue weighted by molar-refractivity contribution is 0.917. The van der Waals surface area contributed by atoms with Crippen molar-refractivity contribution in [3.8, 4) is 11.4 Å². The van der Waals surface area contributed by atoms with Crippen molar-refractivity contribution < 1.29 is 0 Å². The average molecular weight is 303 g/mol. The van der Waals surface area contributed by atoms with Crippen LogP contribution in [0.3, 0.4) is 0 Å². The fourth-order valence-electron chi connectivity index (χ4n) is 2.35. The lowest BCUT2D eigenvalue weighted by Gasteiger charge is -2.08. The summed E-state index contributed by atoms with van der Waals surface area (Å²) in [5.41, 5.74) is 4.08. The zero-order chi connectivity index (χ0) is 15.6. The highest BCUT2D eigenvalue weighted by molar-refractivity contribution is 5.88. The summed E-state index contributed by atoms with van der Waals surface area (Å²) in [5, 5.41) is 3.24. The lowest BCUT2D eigenvalue weighted by atomic mass is 10.2. The van der Waals surface area contributed by atoms with Crippen LogP contribution in [0.2, 0.25) is 0 Å². The summed E-state index contributed by atoms with van der Waals surface area (Å²) >= 11 is 0. The summed E-state index contributed by atoms with van der Waals surface area (Å²) < 4.78 is 1.92. The van der Waals surface area contributed by atoms with Gasteiger partial charge in [0.2, 0.25) is 0 Å². The van der Waals surface area contributed by atoms with E-state index in [1.54, 1.807) is 24.9 Å². The molecule has 112 valence electrons. The van der Waals surface area contributed by atoms with Gasteiger partial charge in [0.1, 0.15) is 11.8 Å². The number of nitrogens with one attached hydrogen (secondary N) is 1. The molecule has 4 rings (SSSR count). The second kappa shape index (κ2) is 5.45. The number of fused-ring (bicyclic) bond motifs is 1. The van der Waals surface area contributed by atoms with Crippen LogP contribution in [0.5, 0.6) is 0 Å². The fourth-order valence-corrected chi connectivity index (χ4v) is 2.35. The van der Waals surface area contributed by atoms with E-state index in [1.807, 2.05) is 35.9 Å². The Labute approximate surface area is 132 Å². The summed E-state index contributed by atoms with van der Waals surface area (Å²) in [6, 6.07) is 7.65. The maximum Gasteiger partial charge on any atom is 0.160 e. The molecular weight excluding hydrogens is 290 g/mol. The van der Waals surface area contributed by atoms with E-state index in [1.165, 1.54) is 6.33 Å². The first-order chi connectivity index (χ1) is 11.3. The van der Waals surface area contributed by atoms with Gasteiger partial charge in [-0.25, -0.2) is 19.9 Å². The molecule has 0 aliphatic carbocycles. The van der Waals surface area contributed by atoms with E-state index in [0.29, 0.717) is 11.3 Å². The highest BCUT2D eigenvalue weighted by atomic mass is 15.1. The van der Waals surface area contributed by atoms with E-state index < -0.39 is 0 Å². The Morgan fingerprint density at radius 1 is 1.04 bits per heavy atom. The van der Waals surface area contributed by atoms with Gasteiger partial charge in [-0.1, -0.05) is 0 Å². The third kappa shape index (κ3) is 2.48. The number of imidazole rings is 1. The molecule has 0 amide bonds. The minimum atomic E-state index is 0.645. The number of hydrogen-bond donors (Lipinski definition) is 1. The van der Waals surface area contributed by atoms with Gasteiger partial charge in [0.25, 0.3) is 0 Å². The van der Waals surface area contributed by atoms with Crippen molar-refractivity contribution in [3.05, 3.63) is 55.5 Å². The molecule has 4 heterocycles. The van der Waals surface area contributed by atoms with Crippen molar-refractivity contribution in [2.24, 2.45) is 7.05 Å². The second-order valence-electron chi connectivity index (χ2n) is 5.04. The first-order valence-electron chi connectivity index (χ1n) is 7.07. The van der Waals surface area contributed by atoms with Crippen LogP contribution >= 0.6 is 0 Å². The van der Waals surface area contributed by atoms with Crippen LogP contribution in [0.4, 0.5) is 11.5 Å². The molecule has 0 saturated carbocycles. The van der Waals surface area contributed by atoms with Crippen molar-refractivity contribution in [2.75, 3.05) is 5.32 Å². The SMILES string of the molecule is Cn1cncc1-c1ccc2ncnc(Nc3cccnc3)c2n1.